The number of carbonyl (C=O) groups is 3. The van der Waals surface area contributed by atoms with E-state index in [0.717, 1.165) is 12.1 Å². The molecule has 1 saturated heterocycles. The van der Waals surface area contributed by atoms with E-state index in [1.165, 1.54) is 11.8 Å². The number of β-lactam (4-membered cyclic amide) rings is 1. The van der Waals surface area contributed by atoms with Gasteiger partial charge in [0, 0.05) is 25.6 Å². The lowest BCUT2D eigenvalue weighted by Crippen LogP contribution is -2.63. The minimum Gasteiger partial charge on any atom is -0.504 e. The number of aliphatic hydroxyl groups excluding tert-OH is 1. The van der Waals surface area contributed by atoms with Crippen LogP contribution in [-0.4, -0.2) is 86.8 Å². The first kappa shape index (κ1) is 26.3. The van der Waals surface area contributed by atoms with Crippen LogP contribution in [0.2, 0.25) is 0 Å². The predicted molar refractivity (Wildman–Crippen MR) is 114 cm³/mol. The van der Waals surface area contributed by atoms with Crippen LogP contribution in [-0.2, 0) is 15.8 Å². The summed E-state index contributed by atoms with van der Waals surface area (Å²) >= 11 is 0. The first-order valence-corrected chi connectivity index (χ1v) is 10.7. The standard InChI is InChI=1S/C22H26F3N3O7/c1-9-12(17(21(34)35)28-16(9)14(10(2)29)20(28)33)8-27(3)7-6-26-19(32)11-4-5-13(30)18(31)15(11)22(23,24)25/h4-5,9-10,14,16,29-31H,6-8H2,1-3H3,(H,26,32)(H,34,35)/t9-,10+,14+,16+/m0/s1. The third kappa shape index (κ3) is 4.65. The van der Waals surface area contributed by atoms with Crippen LogP contribution in [0.5, 0.6) is 11.5 Å². The molecule has 2 heterocycles. The van der Waals surface area contributed by atoms with Gasteiger partial charge in [-0.05, 0) is 31.7 Å². The summed E-state index contributed by atoms with van der Waals surface area (Å²) in [5.41, 5.74) is -2.19. The van der Waals surface area contributed by atoms with Crippen LogP contribution in [0.4, 0.5) is 13.2 Å². The second-order valence-corrected chi connectivity index (χ2v) is 8.78. The molecule has 0 aromatic heterocycles. The third-order valence-corrected chi connectivity index (χ3v) is 6.42. The van der Waals surface area contributed by atoms with Crippen molar-refractivity contribution >= 4 is 17.8 Å². The Labute approximate surface area is 198 Å². The van der Waals surface area contributed by atoms with Crippen molar-refractivity contribution in [3.63, 3.8) is 0 Å². The lowest BCUT2D eigenvalue weighted by Gasteiger charge is -2.46. The number of aromatic hydroxyl groups is 2. The predicted octanol–water partition coefficient (Wildman–Crippen LogP) is 0.974. The molecule has 3 rings (SSSR count). The van der Waals surface area contributed by atoms with Gasteiger partial charge in [-0.15, -0.1) is 0 Å². The number of nitrogens with zero attached hydrogens (tertiary/aromatic N) is 2. The van der Waals surface area contributed by atoms with Crippen LogP contribution in [0, 0.1) is 11.8 Å². The number of halogens is 3. The Kier molecular flexibility index (Phi) is 7.04. The lowest BCUT2D eigenvalue weighted by molar-refractivity contribution is -0.163. The number of carboxylic acid groups (broad SMARTS) is 1. The molecule has 35 heavy (non-hydrogen) atoms. The molecule has 0 spiro atoms. The Morgan fingerprint density at radius 2 is 1.89 bits per heavy atom. The van der Waals surface area contributed by atoms with Crippen LogP contribution in [0.25, 0.3) is 0 Å². The highest BCUT2D eigenvalue weighted by Crippen LogP contribution is 2.47. The molecule has 5 N–H and O–H groups in total. The minimum absolute atomic E-state index is 0.110. The van der Waals surface area contributed by atoms with Crippen LogP contribution in [0.15, 0.2) is 23.4 Å². The van der Waals surface area contributed by atoms with Crippen LogP contribution in [0.1, 0.15) is 29.8 Å². The van der Waals surface area contributed by atoms with Crippen molar-refractivity contribution in [2.24, 2.45) is 11.8 Å². The summed E-state index contributed by atoms with van der Waals surface area (Å²) in [7, 11) is 1.61. The summed E-state index contributed by atoms with van der Waals surface area (Å²) in [6, 6.07) is 1.05. The van der Waals surface area contributed by atoms with Crippen molar-refractivity contribution in [2.45, 2.75) is 32.2 Å². The summed E-state index contributed by atoms with van der Waals surface area (Å²) < 4.78 is 39.8. The summed E-state index contributed by atoms with van der Waals surface area (Å²) in [5, 5.41) is 40.8. The van der Waals surface area contributed by atoms with Crippen molar-refractivity contribution < 1.29 is 48.0 Å². The van der Waals surface area contributed by atoms with Gasteiger partial charge in [0.25, 0.3) is 5.91 Å². The Morgan fingerprint density at radius 1 is 1.26 bits per heavy atom. The number of benzene rings is 1. The molecular formula is C22H26F3N3O7. The smallest absolute Gasteiger partial charge is 0.420 e. The number of alkyl halides is 3. The SMILES string of the molecule is C[C@@H](O)[C@H]1C(=O)N2C(C(=O)O)=C(CN(C)CCNC(=O)c3ccc(O)c(O)c3C(F)(F)F)[C@H](C)[C@H]12. The number of likely N-dealkylation sites (N-methyl/N-ethyl adjacent to an activating group) is 1. The normalized spacial score (nSPS) is 22.8. The fourth-order valence-corrected chi connectivity index (χ4v) is 4.74. The molecule has 0 saturated carbocycles. The van der Waals surface area contributed by atoms with Gasteiger partial charge in [0.05, 0.1) is 23.6 Å². The second kappa shape index (κ2) is 9.38. The maximum atomic E-state index is 13.3. The number of fused-ring (bicyclic) bond motifs is 1. The van der Waals surface area contributed by atoms with Crippen molar-refractivity contribution in [1.29, 1.82) is 0 Å². The Hall–Kier alpha value is -3.32. The van der Waals surface area contributed by atoms with Gasteiger partial charge in [-0.25, -0.2) is 4.79 Å². The molecule has 10 nitrogen and oxygen atoms in total. The van der Waals surface area contributed by atoms with Gasteiger partial charge in [0.15, 0.2) is 11.5 Å². The molecule has 0 bridgehead atoms. The van der Waals surface area contributed by atoms with E-state index in [1.807, 2.05) is 0 Å². The molecule has 192 valence electrons. The number of amides is 2. The molecule has 2 aliphatic rings. The van der Waals surface area contributed by atoms with Gasteiger partial charge >= 0.3 is 12.1 Å². The first-order valence-electron chi connectivity index (χ1n) is 10.7. The van der Waals surface area contributed by atoms with E-state index in [4.69, 9.17) is 0 Å². The maximum Gasteiger partial charge on any atom is 0.420 e. The Morgan fingerprint density at radius 3 is 2.43 bits per heavy atom. The van der Waals surface area contributed by atoms with E-state index in [9.17, 15) is 48.0 Å². The molecular weight excluding hydrogens is 475 g/mol. The van der Waals surface area contributed by atoms with Gasteiger partial charge in [-0.1, -0.05) is 6.92 Å². The van der Waals surface area contributed by atoms with E-state index in [2.05, 4.69) is 5.32 Å². The van der Waals surface area contributed by atoms with Crippen molar-refractivity contribution in [2.75, 3.05) is 26.7 Å². The van der Waals surface area contributed by atoms with Crippen molar-refractivity contribution in [1.82, 2.24) is 15.1 Å². The van der Waals surface area contributed by atoms with Crippen LogP contribution >= 0.6 is 0 Å². The lowest BCUT2D eigenvalue weighted by atomic mass is 9.77. The average Bonchev–Trinajstić information content (AvgIpc) is 2.97. The third-order valence-electron chi connectivity index (χ3n) is 6.42. The van der Waals surface area contributed by atoms with E-state index in [-0.39, 0.29) is 31.2 Å². The zero-order valence-corrected chi connectivity index (χ0v) is 19.1. The molecule has 2 aliphatic heterocycles. The van der Waals surface area contributed by atoms with Gasteiger partial charge in [0.1, 0.15) is 11.3 Å². The number of phenols is 2. The van der Waals surface area contributed by atoms with Crippen molar-refractivity contribution in [3.05, 3.63) is 34.5 Å². The molecule has 0 unspecified atom stereocenters. The number of hydrogen-bond donors (Lipinski definition) is 5. The van der Waals surface area contributed by atoms with Crippen LogP contribution < -0.4 is 5.32 Å². The number of phenolic OH excluding ortho intramolecular Hbond substituents is 2. The van der Waals surface area contributed by atoms with Gasteiger partial charge < -0.3 is 35.5 Å². The fourth-order valence-electron chi connectivity index (χ4n) is 4.74. The number of carbonyl (C=O) groups excluding carboxylic acids is 2. The second-order valence-electron chi connectivity index (χ2n) is 8.78. The summed E-state index contributed by atoms with van der Waals surface area (Å²) in [6.07, 6.45) is -6.02. The Balaban J connectivity index is 1.67. The molecule has 4 atom stereocenters. The van der Waals surface area contributed by atoms with Gasteiger partial charge in [0.2, 0.25) is 5.91 Å². The molecule has 1 aromatic rings. The number of aliphatic hydroxyl groups is 1. The number of rotatable bonds is 8. The number of nitrogens with one attached hydrogen (secondary N) is 1. The summed E-state index contributed by atoms with van der Waals surface area (Å²) in [4.78, 5) is 39.4. The molecule has 2 amide bonds. The molecule has 0 aliphatic carbocycles. The van der Waals surface area contributed by atoms with Crippen LogP contribution in [0.3, 0.4) is 0 Å². The highest BCUT2D eigenvalue weighted by Gasteiger charge is 2.59. The van der Waals surface area contributed by atoms with Crippen molar-refractivity contribution in [3.8, 4) is 11.5 Å². The van der Waals surface area contributed by atoms with E-state index >= 15 is 0 Å². The summed E-state index contributed by atoms with van der Waals surface area (Å²) in [5.74, 6) is -6.36. The Bertz CT molecular complexity index is 1090. The largest absolute Gasteiger partial charge is 0.504 e. The van der Waals surface area contributed by atoms with Gasteiger partial charge in [-0.2, -0.15) is 13.2 Å². The fraction of sp³-hybridized carbons (Fsp3) is 0.500. The number of carboxylic acids is 1. The molecule has 1 fully saturated rings. The average molecular weight is 501 g/mol. The molecule has 13 heteroatoms. The quantitative estimate of drug-likeness (QED) is 0.261. The number of aliphatic carboxylic acids is 1. The topological polar surface area (TPSA) is 151 Å². The minimum atomic E-state index is -5.08. The first-order chi connectivity index (χ1) is 16.2. The van der Waals surface area contributed by atoms with E-state index < -0.39 is 64.6 Å². The number of hydrogen-bond acceptors (Lipinski definition) is 7. The summed E-state index contributed by atoms with van der Waals surface area (Å²) in [6.45, 7) is 3.35. The zero-order chi connectivity index (χ0) is 26.4. The monoisotopic (exact) mass is 501 g/mol. The zero-order valence-electron chi connectivity index (χ0n) is 19.1. The molecule has 0 radical (unpaired) electrons. The molecule has 1 aromatic carbocycles. The highest BCUT2D eigenvalue weighted by molar-refractivity contribution is 6.00. The van der Waals surface area contributed by atoms with Gasteiger partial charge in [-0.3, -0.25) is 9.59 Å². The van der Waals surface area contributed by atoms with E-state index in [0.29, 0.717) is 5.57 Å². The highest BCUT2D eigenvalue weighted by atomic mass is 19.4. The maximum absolute atomic E-state index is 13.3. The van der Waals surface area contributed by atoms with E-state index in [1.54, 1.807) is 18.9 Å².